The average molecular weight is 268 g/mol. The third-order valence-electron chi connectivity index (χ3n) is 3.20. The number of fused-ring (bicyclic) bond motifs is 2. The van der Waals surface area contributed by atoms with Crippen molar-refractivity contribution in [1.82, 2.24) is 0 Å². The van der Waals surface area contributed by atoms with Crippen LogP contribution in [0.4, 0.5) is 0 Å². The third-order valence-corrected chi connectivity index (χ3v) is 6.55. The van der Waals surface area contributed by atoms with Crippen molar-refractivity contribution < 1.29 is 26.3 Å². The van der Waals surface area contributed by atoms with E-state index in [0.29, 0.717) is 0 Å². The van der Waals surface area contributed by atoms with E-state index < -0.39 is 44.1 Å². The molecule has 0 aromatic rings. The van der Waals surface area contributed by atoms with E-state index in [9.17, 15) is 16.8 Å². The molecule has 0 bridgehead atoms. The molecule has 3 aliphatic rings. The summed E-state index contributed by atoms with van der Waals surface area (Å²) in [4.78, 5) is 0. The van der Waals surface area contributed by atoms with E-state index in [1.54, 1.807) is 0 Å². The molecule has 4 atom stereocenters. The molecule has 3 saturated heterocycles. The largest absolute Gasteiger partial charge is 0.367 e. The number of ether oxygens (including phenoxy) is 2. The van der Waals surface area contributed by atoms with Gasteiger partial charge in [-0.15, -0.1) is 0 Å². The van der Waals surface area contributed by atoms with Gasteiger partial charge in [0.25, 0.3) is 0 Å². The number of hydrogen-bond donors (Lipinski definition) is 0. The van der Waals surface area contributed by atoms with Crippen LogP contribution in [0.25, 0.3) is 0 Å². The summed E-state index contributed by atoms with van der Waals surface area (Å²) < 4.78 is 56.5. The Hall–Kier alpha value is -0.180. The van der Waals surface area contributed by atoms with E-state index in [1.165, 1.54) is 0 Å². The van der Waals surface area contributed by atoms with Crippen molar-refractivity contribution in [2.45, 2.75) is 24.4 Å². The molecule has 0 N–H and O–H groups in total. The molecule has 0 radical (unpaired) electrons. The Kier molecular flexibility index (Phi) is 2.18. The fourth-order valence-corrected chi connectivity index (χ4v) is 5.97. The summed E-state index contributed by atoms with van der Waals surface area (Å²) in [7, 11) is -6.18. The maximum absolute atomic E-state index is 11.4. The molecule has 6 nitrogen and oxygen atoms in total. The van der Waals surface area contributed by atoms with Crippen molar-refractivity contribution >= 4 is 19.7 Å². The first-order valence-corrected chi connectivity index (χ1v) is 8.71. The summed E-state index contributed by atoms with van der Waals surface area (Å²) in [6.45, 7) is 0. The monoisotopic (exact) mass is 268 g/mol. The summed E-state index contributed by atoms with van der Waals surface area (Å²) in [5.74, 6) is -0.219. The lowest BCUT2D eigenvalue weighted by Gasteiger charge is -2.33. The van der Waals surface area contributed by atoms with E-state index in [2.05, 4.69) is 0 Å². The Bertz CT molecular complexity index is 427. The first-order valence-electron chi connectivity index (χ1n) is 5.06. The predicted octanol–water partition coefficient (Wildman–Crippen LogP) is -1.64. The van der Waals surface area contributed by atoms with Gasteiger partial charge in [0, 0.05) is 0 Å². The fraction of sp³-hybridized carbons (Fsp3) is 1.00. The first-order chi connectivity index (χ1) is 7.35. The highest BCUT2D eigenvalue weighted by atomic mass is 32.2. The minimum absolute atomic E-state index is 0.0546. The van der Waals surface area contributed by atoms with Gasteiger partial charge in [0.2, 0.25) is 0 Å². The minimum Gasteiger partial charge on any atom is -0.367 e. The molecule has 0 aliphatic carbocycles. The summed E-state index contributed by atoms with van der Waals surface area (Å²) in [6, 6.07) is 0. The number of hydrogen-bond acceptors (Lipinski definition) is 6. The second-order valence-electron chi connectivity index (χ2n) is 4.58. The molecular formula is C8H12O6S2. The quantitative estimate of drug-likeness (QED) is 0.524. The summed E-state index contributed by atoms with van der Waals surface area (Å²) in [5.41, 5.74) is 0. The highest BCUT2D eigenvalue weighted by Crippen LogP contribution is 2.32. The molecule has 0 saturated carbocycles. The van der Waals surface area contributed by atoms with Crippen molar-refractivity contribution in [2.24, 2.45) is 0 Å². The van der Waals surface area contributed by atoms with Gasteiger partial charge in [-0.2, -0.15) is 0 Å². The molecule has 16 heavy (non-hydrogen) atoms. The van der Waals surface area contributed by atoms with Gasteiger partial charge in [-0.05, 0) is 0 Å². The molecule has 3 aliphatic heterocycles. The van der Waals surface area contributed by atoms with Gasteiger partial charge < -0.3 is 9.47 Å². The lowest BCUT2D eigenvalue weighted by Crippen LogP contribution is -2.47. The van der Waals surface area contributed by atoms with Crippen molar-refractivity contribution in [3.05, 3.63) is 0 Å². The van der Waals surface area contributed by atoms with Crippen LogP contribution in [0, 0.1) is 0 Å². The van der Waals surface area contributed by atoms with Crippen molar-refractivity contribution in [3.63, 3.8) is 0 Å². The van der Waals surface area contributed by atoms with E-state index >= 15 is 0 Å². The standard InChI is InChI=1S/C8H12O6S2/c9-15(10)1-5-6(2-15)14-8-4-16(11,12)3-7(8)13-5/h5-8H,1-4H2/t5-,6+,7-,8+. The van der Waals surface area contributed by atoms with Crippen molar-refractivity contribution in [2.75, 3.05) is 23.0 Å². The van der Waals surface area contributed by atoms with Crippen LogP contribution in [0.15, 0.2) is 0 Å². The highest BCUT2D eigenvalue weighted by molar-refractivity contribution is 7.92. The molecule has 0 amide bonds. The molecule has 92 valence electrons. The summed E-state index contributed by atoms with van der Waals surface area (Å²) in [6.07, 6.45) is -1.95. The highest BCUT2D eigenvalue weighted by Gasteiger charge is 2.51. The van der Waals surface area contributed by atoms with Crippen LogP contribution in [0.5, 0.6) is 0 Å². The second kappa shape index (κ2) is 3.18. The van der Waals surface area contributed by atoms with Gasteiger partial charge in [-0.25, -0.2) is 16.8 Å². The van der Waals surface area contributed by atoms with Crippen LogP contribution in [0.2, 0.25) is 0 Å². The molecular weight excluding hydrogens is 256 g/mol. The predicted molar refractivity (Wildman–Crippen MR) is 54.6 cm³/mol. The van der Waals surface area contributed by atoms with Crippen LogP contribution >= 0.6 is 0 Å². The van der Waals surface area contributed by atoms with Gasteiger partial charge in [0.05, 0.1) is 47.4 Å². The number of rotatable bonds is 0. The molecule has 0 unspecified atom stereocenters. The van der Waals surface area contributed by atoms with Crippen molar-refractivity contribution in [1.29, 1.82) is 0 Å². The molecule has 3 heterocycles. The summed E-state index contributed by atoms with van der Waals surface area (Å²) in [5, 5.41) is 0. The molecule has 0 aromatic heterocycles. The van der Waals surface area contributed by atoms with Gasteiger partial charge >= 0.3 is 0 Å². The van der Waals surface area contributed by atoms with Gasteiger partial charge in [0.1, 0.15) is 0 Å². The Balaban J connectivity index is 1.83. The van der Waals surface area contributed by atoms with Crippen LogP contribution in [-0.4, -0.2) is 64.3 Å². The zero-order valence-electron chi connectivity index (χ0n) is 8.40. The maximum Gasteiger partial charge on any atom is 0.155 e. The van der Waals surface area contributed by atoms with Gasteiger partial charge in [-0.1, -0.05) is 0 Å². The third kappa shape index (κ3) is 1.77. The van der Waals surface area contributed by atoms with Crippen LogP contribution in [-0.2, 0) is 29.1 Å². The Morgan fingerprint density at radius 1 is 0.625 bits per heavy atom. The number of sulfone groups is 2. The molecule has 3 rings (SSSR count). The topological polar surface area (TPSA) is 86.7 Å². The second-order valence-corrected chi connectivity index (χ2v) is 8.89. The smallest absolute Gasteiger partial charge is 0.155 e. The average Bonchev–Trinajstić information content (AvgIpc) is 2.51. The first kappa shape index (κ1) is 10.9. The molecule has 3 fully saturated rings. The zero-order valence-corrected chi connectivity index (χ0v) is 10.0. The Morgan fingerprint density at radius 2 is 0.875 bits per heavy atom. The van der Waals surface area contributed by atoms with Gasteiger partial charge in [0.15, 0.2) is 19.7 Å². The van der Waals surface area contributed by atoms with E-state index in [1.807, 2.05) is 0 Å². The van der Waals surface area contributed by atoms with E-state index in [-0.39, 0.29) is 23.0 Å². The normalized spacial score (nSPS) is 48.5. The Morgan fingerprint density at radius 3 is 1.12 bits per heavy atom. The molecule has 0 spiro atoms. The van der Waals surface area contributed by atoms with Gasteiger partial charge in [-0.3, -0.25) is 0 Å². The SMILES string of the molecule is O=S1(=O)C[C@@H]2O[C@H]3CS(=O)(=O)C[C@H]3O[C@@H]2C1. The van der Waals surface area contributed by atoms with E-state index in [4.69, 9.17) is 9.47 Å². The maximum atomic E-state index is 11.4. The van der Waals surface area contributed by atoms with Crippen molar-refractivity contribution in [3.8, 4) is 0 Å². The minimum atomic E-state index is -3.09. The Labute approximate surface area is 93.8 Å². The molecule has 8 heteroatoms. The van der Waals surface area contributed by atoms with Crippen LogP contribution in [0.3, 0.4) is 0 Å². The summed E-state index contributed by atoms with van der Waals surface area (Å²) >= 11 is 0. The lowest BCUT2D eigenvalue weighted by molar-refractivity contribution is -0.184. The molecule has 0 aromatic carbocycles. The zero-order chi connectivity index (χ0) is 11.6. The van der Waals surface area contributed by atoms with Crippen LogP contribution < -0.4 is 0 Å². The lowest BCUT2D eigenvalue weighted by atomic mass is 10.1. The van der Waals surface area contributed by atoms with E-state index in [0.717, 1.165) is 0 Å². The van der Waals surface area contributed by atoms with Crippen LogP contribution in [0.1, 0.15) is 0 Å². The fourth-order valence-electron chi connectivity index (χ4n) is 2.52.